The van der Waals surface area contributed by atoms with E-state index in [0.717, 1.165) is 23.3 Å². The number of hydrogen-bond acceptors (Lipinski definition) is 5. The number of imide groups is 1. The number of oxazole rings is 1. The molecule has 6 nitrogen and oxygen atoms in total. The predicted octanol–water partition coefficient (Wildman–Crippen LogP) is 4.54. The number of nitrogens with one attached hydrogen (secondary N) is 1. The fourth-order valence-corrected chi connectivity index (χ4v) is 4.15. The highest BCUT2D eigenvalue weighted by atomic mass is 32.1. The van der Waals surface area contributed by atoms with Crippen LogP contribution in [-0.2, 0) is 16.9 Å². The summed E-state index contributed by atoms with van der Waals surface area (Å²) in [6.45, 7) is 2.15. The third kappa shape index (κ3) is 3.22. The Bertz CT molecular complexity index is 968. The third-order valence-electron chi connectivity index (χ3n) is 4.95. The van der Waals surface area contributed by atoms with E-state index in [1.807, 2.05) is 47.8 Å². The second kappa shape index (κ2) is 7.59. The van der Waals surface area contributed by atoms with Crippen molar-refractivity contribution in [2.45, 2.75) is 38.3 Å². The molecule has 1 aromatic carbocycles. The third-order valence-corrected chi connectivity index (χ3v) is 5.81. The number of amides is 3. The SMILES string of the molecule is CCCCC1(c2ccccc2)NC(=O)N(Cc2coc(-c3cccs3)n2)C1=O. The molecule has 3 aromatic rings. The van der Waals surface area contributed by atoms with Gasteiger partial charge in [-0.1, -0.05) is 56.2 Å². The molecule has 1 saturated heterocycles. The molecule has 1 aliphatic rings. The van der Waals surface area contributed by atoms with Crippen LogP contribution in [0.25, 0.3) is 10.8 Å². The van der Waals surface area contributed by atoms with Gasteiger partial charge in [0.15, 0.2) is 0 Å². The Labute approximate surface area is 167 Å². The number of nitrogens with zero attached hydrogens (tertiary/aromatic N) is 2. The van der Waals surface area contributed by atoms with Crippen LogP contribution in [0.1, 0.15) is 37.4 Å². The Kier molecular flexibility index (Phi) is 5.00. The van der Waals surface area contributed by atoms with Crippen molar-refractivity contribution in [1.82, 2.24) is 15.2 Å². The van der Waals surface area contributed by atoms with Gasteiger partial charge in [-0.25, -0.2) is 9.78 Å². The minimum absolute atomic E-state index is 0.0836. The van der Waals surface area contributed by atoms with Crippen LogP contribution in [0, 0.1) is 0 Å². The average Bonchev–Trinajstić information content (AvgIpc) is 3.44. The first-order valence-electron chi connectivity index (χ1n) is 9.32. The molecule has 7 heteroatoms. The molecular weight excluding hydrogens is 374 g/mol. The number of hydrogen-bond donors (Lipinski definition) is 1. The zero-order chi connectivity index (χ0) is 19.6. The quantitative estimate of drug-likeness (QED) is 0.596. The summed E-state index contributed by atoms with van der Waals surface area (Å²) in [7, 11) is 0. The maximum atomic E-state index is 13.4. The van der Waals surface area contributed by atoms with Crippen LogP contribution in [0.15, 0.2) is 58.5 Å². The van der Waals surface area contributed by atoms with Crippen molar-refractivity contribution >= 4 is 23.3 Å². The lowest BCUT2D eigenvalue weighted by Crippen LogP contribution is -2.44. The fourth-order valence-electron chi connectivity index (χ4n) is 3.50. The highest BCUT2D eigenvalue weighted by Gasteiger charge is 2.51. The van der Waals surface area contributed by atoms with Gasteiger partial charge in [0.25, 0.3) is 5.91 Å². The van der Waals surface area contributed by atoms with E-state index < -0.39 is 11.6 Å². The van der Waals surface area contributed by atoms with Crippen molar-refractivity contribution in [3.05, 3.63) is 65.4 Å². The fraction of sp³-hybridized carbons (Fsp3) is 0.286. The molecule has 1 unspecified atom stereocenters. The number of benzene rings is 1. The van der Waals surface area contributed by atoms with Crippen molar-refractivity contribution in [3.63, 3.8) is 0 Å². The minimum Gasteiger partial charge on any atom is -0.443 e. The van der Waals surface area contributed by atoms with Crippen molar-refractivity contribution in [2.75, 3.05) is 0 Å². The van der Waals surface area contributed by atoms with Crippen molar-refractivity contribution < 1.29 is 14.0 Å². The molecule has 1 N–H and O–H groups in total. The first-order valence-corrected chi connectivity index (χ1v) is 10.2. The lowest BCUT2D eigenvalue weighted by Gasteiger charge is -2.27. The van der Waals surface area contributed by atoms with E-state index in [4.69, 9.17) is 4.42 Å². The largest absolute Gasteiger partial charge is 0.443 e. The molecule has 4 rings (SSSR count). The zero-order valence-corrected chi connectivity index (χ0v) is 16.4. The van der Waals surface area contributed by atoms with E-state index in [1.54, 1.807) is 0 Å². The Balaban J connectivity index is 1.60. The van der Waals surface area contributed by atoms with Crippen LogP contribution in [-0.4, -0.2) is 21.8 Å². The highest BCUT2D eigenvalue weighted by molar-refractivity contribution is 7.13. The van der Waals surface area contributed by atoms with Gasteiger partial charge < -0.3 is 9.73 Å². The van der Waals surface area contributed by atoms with Gasteiger partial charge in [-0.3, -0.25) is 9.69 Å². The minimum atomic E-state index is -1.02. The second-order valence-electron chi connectivity index (χ2n) is 6.82. The Morgan fingerprint density at radius 1 is 1.18 bits per heavy atom. The van der Waals surface area contributed by atoms with Gasteiger partial charge in [0.2, 0.25) is 5.89 Å². The summed E-state index contributed by atoms with van der Waals surface area (Å²) < 4.78 is 5.52. The van der Waals surface area contributed by atoms with E-state index in [1.165, 1.54) is 22.5 Å². The molecular formula is C21H21N3O3S. The van der Waals surface area contributed by atoms with Gasteiger partial charge in [0.05, 0.1) is 17.1 Å². The molecule has 28 heavy (non-hydrogen) atoms. The lowest BCUT2D eigenvalue weighted by molar-refractivity contribution is -0.132. The number of urea groups is 1. The maximum absolute atomic E-state index is 13.4. The van der Waals surface area contributed by atoms with Crippen LogP contribution in [0.2, 0.25) is 0 Å². The maximum Gasteiger partial charge on any atom is 0.325 e. The van der Waals surface area contributed by atoms with Crippen LogP contribution in [0.3, 0.4) is 0 Å². The van der Waals surface area contributed by atoms with Crippen LogP contribution in [0.5, 0.6) is 0 Å². The molecule has 0 saturated carbocycles. The Morgan fingerprint density at radius 3 is 2.71 bits per heavy atom. The summed E-state index contributed by atoms with van der Waals surface area (Å²) >= 11 is 1.52. The van der Waals surface area contributed by atoms with Gasteiger partial charge in [0, 0.05) is 0 Å². The van der Waals surface area contributed by atoms with Crippen molar-refractivity contribution in [1.29, 1.82) is 0 Å². The molecule has 1 atom stereocenters. The van der Waals surface area contributed by atoms with Gasteiger partial charge in [-0.2, -0.15) is 0 Å². The van der Waals surface area contributed by atoms with Gasteiger partial charge in [-0.15, -0.1) is 11.3 Å². The first kappa shape index (κ1) is 18.4. The summed E-state index contributed by atoms with van der Waals surface area (Å²) in [5, 5.41) is 4.90. The van der Waals surface area contributed by atoms with Crippen molar-refractivity contribution in [2.24, 2.45) is 0 Å². The number of aromatic nitrogens is 1. The molecule has 0 aliphatic carbocycles. The Morgan fingerprint density at radius 2 is 2.00 bits per heavy atom. The van der Waals surface area contributed by atoms with Crippen LogP contribution in [0.4, 0.5) is 4.79 Å². The van der Waals surface area contributed by atoms with E-state index in [-0.39, 0.29) is 12.5 Å². The van der Waals surface area contributed by atoms with Crippen LogP contribution < -0.4 is 5.32 Å². The standard InChI is InChI=1S/C21H21N3O3S/c1-2-3-11-21(15-8-5-4-6-9-15)19(25)24(20(26)23-21)13-16-14-27-18(22-16)17-10-7-12-28-17/h4-10,12,14H,2-3,11,13H2,1H3,(H,23,26). The molecule has 144 valence electrons. The summed E-state index contributed by atoms with van der Waals surface area (Å²) in [6, 6.07) is 12.9. The molecule has 1 fully saturated rings. The second-order valence-corrected chi connectivity index (χ2v) is 7.77. The molecule has 2 aromatic heterocycles. The van der Waals surface area contributed by atoms with E-state index in [0.29, 0.717) is 18.0 Å². The Hall–Kier alpha value is -2.93. The smallest absolute Gasteiger partial charge is 0.325 e. The number of rotatable bonds is 7. The molecule has 0 bridgehead atoms. The average molecular weight is 395 g/mol. The monoisotopic (exact) mass is 395 g/mol. The van der Waals surface area contributed by atoms with E-state index >= 15 is 0 Å². The number of carbonyl (C=O) groups excluding carboxylic acids is 2. The zero-order valence-electron chi connectivity index (χ0n) is 15.6. The summed E-state index contributed by atoms with van der Waals surface area (Å²) in [5.41, 5.74) is 0.337. The predicted molar refractivity (Wildman–Crippen MR) is 107 cm³/mol. The topological polar surface area (TPSA) is 75.4 Å². The lowest BCUT2D eigenvalue weighted by atomic mass is 9.85. The molecule has 0 radical (unpaired) electrons. The summed E-state index contributed by atoms with van der Waals surface area (Å²) in [6.07, 6.45) is 3.84. The number of thiophene rings is 1. The number of carbonyl (C=O) groups is 2. The molecule has 1 aliphatic heterocycles. The van der Waals surface area contributed by atoms with E-state index in [2.05, 4.69) is 17.2 Å². The molecule has 0 spiro atoms. The van der Waals surface area contributed by atoms with Gasteiger partial charge >= 0.3 is 6.03 Å². The summed E-state index contributed by atoms with van der Waals surface area (Å²) in [4.78, 5) is 32.7. The number of unbranched alkanes of at least 4 members (excludes halogenated alkanes) is 1. The normalized spacial score (nSPS) is 19.2. The van der Waals surface area contributed by atoms with Crippen molar-refractivity contribution in [3.8, 4) is 10.8 Å². The molecule has 3 amide bonds. The van der Waals surface area contributed by atoms with E-state index in [9.17, 15) is 9.59 Å². The summed E-state index contributed by atoms with van der Waals surface area (Å²) in [5.74, 6) is 0.259. The van der Waals surface area contributed by atoms with Crippen LogP contribution >= 0.6 is 11.3 Å². The highest BCUT2D eigenvalue weighted by Crippen LogP contribution is 2.35. The molecule has 3 heterocycles. The first-order chi connectivity index (χ1) is 13.6. The van der Waals surface area contributed by atoms with Gasteiger partial charge in [0.1, 0.15) is 11.8 Å². The van der Waals surface area contributed by atoms with Gasteiger partial charge in [-0.05, 0) is 23.4 Å².